The number of carbonyl (C=O) groups excluding carboxylic acids is 1. The molecule has 1 aromatic carbocycles. The quantitative estimate of drug-likeness (QED) is 0.744. The minimum atomic E-state index is 0.103. The van der Waals surface area contributed by atoms with Crippen LogP contribution in [0.5, 0.6) is 0 Å². The summed E-state index contributed by atoms with van der Waals surface area (Å²) in [6.45, 7) is 7.01. The van der Waals surface area contributed by atoms with Gasteiger partial charge in [0.1, 0.15) is 0 Å². The lowest BCUT2D eigenvalue weighted by molar-refractivity contribution is -0.122. The first kappa shape index (κ1) is 10.2. The van der Waals surface area contributed by atoms with Crippen molar-refractivity contribution in [3.8, 4) is 0 Å². The van der Waals surface area contributed by atoms with Gasteiger partial charge in [0.15, 0.2) is 0 Å². The molecule has 0 saturated carbocycles. The molecule has 1 aromatic rings. The van der Waals surface area contributed by atoms with Gasteiger partial charge >= 0.3 is 0 Å². The largest absolute Gasteiger partial charge is 0.355 e. The molecule has 0 spiro atoms. The van der Waals surface area contributed by atoms with Crippen LogP contribution >= 0.6 is 0 Å². The van der Waals surface area contributed by atoms with Gasteiger partial charge in [-0.25, -0.2) is 0 Å². The fourth-order valence-corrected chi connectivity index (χ4v) is 2.35. The Kier molecular flexibility index (Phi) is 2.51. The van der Waals surface area contributed by atoms with E-state index >= 15 is 0 Å². The molecule has 2 heteroatoms. The second kappa shape index (κ2) is 3.69. The lowest BCUT2D eigenvalue weighted by Crippen LogP contribution is -2.16. The van der Waals surface area contributed by atoms with Crippen molar-refractivity contribution in [2.24, 2.45) is 5.92 Å². The summed E-state index contributed by atoms with van der Waals surface area (Å²) in [5, 5.41) is 2.92. The van der Waals surface area contributed by atoms with Crippen molar-refractivity contribution in [3.05, 3.63) is 34.9 Å². The highest BCUT2D eigenvalue weighted by Gasteiger charge is 2.32. The van der Waals surface area contributed by atoms with Gasteiger partial charge in [0.25, 0.3) is 0 Å². The molecule has 1 aliphatic heterocycles. The fraction of sp³-hybridized carbons (Fsp3) is 0.462. The third-order valence-corrected chi connectivity index (χ3v) is 3.34. The molecule has 0 unspecified atom stereocenters. The number of amides is 1. The van der Waals surface area contributed by atoms with E-state index in [-0.39, 0.29) is 11.8 Å². The zero-order valence-electron chi connectivity index (χ0n) is 9.50. The average molecular weight is 203 g/mol. The molecule has 2 rings (SSSR count). The Labute approximate surface area is 90.7 Å². The summed E-state index contributed by atoms with van der Waals surface area (Å²) in [6.07, 6.45) is 0. The first-order chi connectivity index (χ1) is 7.09. The molecule has 0 bridgehead atoms. The van der Waals surface area contributed by atoms with Gasteiger partial charge in [-0.3, -0.25) is 4.79 Å². The Bertz CT molecular complexity index is 398. The van der Waals surface area contributed by atoms with Crippen molar-refractivity contribution in [3.63, 3.8) is 0 Å². The van der Waals surface area contributed by atoms with E-state index in [4.69, 9.17) is 0 Å². The molecule has 0 aromatic heterocycles. The van der Waals surface area contributed by atoms with Crippen molar-refractivity contribution in [1.29, 1.82) is 0 Å². The number of aryl methyl sites for hydroxylation is 2. The zero-order chi connectivity index (χ0) is 11.0. The molecule has 1 saturated heterocycles. The van der Waals surface area contributed by atoms with Crippen molar-refractivity contribution < 1.29 is 4.79 Å². The van der Waals surface area contributed by atoms with E-state index in [1.165, 1.54) is 16.7 Å². The molecule has 1 amide bonds. The molecule has 1 heterocycles. The van der Waals surface area contributed by atoms with Crippen LogP contribution in [-0.4, -0.2) is 12.5 Å². The number of carbonyl (C=O) groups is 1. The fourth-order valence-electron chi connectivity index (χ4n) is 2.35. The van der Waals surface area contributed by atoms with E-state index in [0.717, 1.165) is 6.54 Å². The minimum absolute atomic E-state index is 0.103. The highest BCUT2D eigenvalue weighted by Crippen LogP contribution is 2.30. The summed E-state index contributed by atoms with van der Waals surface area (Å²) in [6, 6.07) is 6.47. The van der Waals surface area contributed by atoms with Gasteiger partial charge < -0.3 is 5.32 Å². The van der Waals surface area contributed by atoms with Gasteiger partial charge in [-0.2, -0.15) is 0 Å². The molecule has 2 atom stereocenters. The first-order valence-electron chi connectivity index (χ1n) is 5.44. The van der Waals surface area contributed by atoms with Crippen LogP contribution in [0.3, 0.4) is 0 Å². The number of hydrogen-bond acceptors (Lipinski definition) is 1. The average Bonchev–Trinajstić information content (AvgIpc) is 2.49. The number of hydrogen-bond donors (Lipinski definition) is 1. The molecule has 15 heavy (non-hydrogen) atoms. The van der Waals surface area contributed by atoms with Gasteiger partial charge in [-0.05, 0) is 25.0 Å². The molecular formula is C13H17NO. The number of nitrogens with one attached hydrogen (secondary N) is 1. The Morgan fingerprint density at radius 1 is 1.33 bits per heavy atom. The van der Waals surface area contributed by atoms with Crippen molar-refractivity contribution in [2.75, 3.05) is 6.54 Å². The van der Waals surface area contributed by atoms with Crippen LogP contribution in [0.2, 0.25) is 0 Å². The van der Waals surface area contributed by atoms with Gasteiger partial charge in [-0.1, -0.05) is 30.7 Å². The van der Waals surface area contributed by atoms with E-state index < -0.39 is 0 Å². The molecule has 0 aliphatic carbocycles. The van der Waals surface area contributed by atoms with Crippen LogP contribution in [0.15, 0.2) is 18.2 Å². The molecule has 1 aliphatic rings. The summed E-state index contributed by atoms with van der Waals surface area (Å²) < 4.78 is 0. The Morgan fingerprint density at radius 2 is 2.07 bits per heavy atom. The Morgan fingerprint density at radius 3 is 2.60 bits per heavy atom. The third kappa shape index (κ3) is 1.76. The molecular weight excluding hydrogens is 186 g/mol. The molecule has 2 nitrogen and oxygen atoms in total. The second-order valence-corrected chi connectivity index (χ2v) is 4.50. The van der Waals surface area contributed by atoms with E-state index in [1.54, 1.807) is 0 Å². The van der Waals surface area contributed by atoms with Gasteiger partial charge in [0, 0.05) is 18.4 Å². The van der Waals surface area contributed by atoms with Crippen LogP contribution in [0.1, 0.15) is 29.5 Å². The summed E-state index contributed by atoms with van der Waals surface area (Å²) in [5.74, 6) is 0.629. The summed E-state index contributed by atoms with van der Waals surface area (Å²) >= 11 is 0. The van der Waals surface area contributed by atoms with Crippen LogP contribution in [0.25, 0.3) is 0 Å². The molecule has 1 N–H and O–H groups in total. The number of benzene rings is 1. The predicted octanol–water partition coefficient (Wildman–Crippen LogP) is 2.15. The summed E-state index contributed by atoms with van der Waals surface area (Å²) in [4.78, 5) is 11.4. The Balaban J connectivity index is 2.34. The topological polar surface area (TPSA) is 29.1 Å². The van der Waals surface area contributed by atoms with Gasteiger partial charge in [0.2, 0.25) is 5.91 Å². The third-order valence-electron chi connectivity index (χ3n) is 3.34. The van der Waals surface area contributed by atoms with E-state index in [0.29, 0.717) is 5.92 Å². The zero-order valence-corrected chi connectivity index (χ0v) is 9.50. The minimum Gasteiger partial charge on any atom is -0.355 e. The monoisotopic (exact) mass is 203 g/mol. The smallest absolute Gasteiger partial charge is 0.223 e. The molecule has 1 fully saturated rings. The highest BCUT2D eigenvalue weighted by molar-refractivity contribution is 5.82. The number of rotatable bonds is 1. The van der Waals surface area contributed by atoms with Gasteiger partial charge in [0.05, 0.1) is 0 Å². The second-order valence-electron chi connectivity index (χ2n) is 4.50. The Hall–Kier alpha value is -1.31. The van der Waals surface area contributed by atoms with E-state index in [9.17, 15) is 4.79 Å². The lowest BCUT2D eigenvalue weighted by Gasteiger charge is -2.16. The first-order valence-corrected chi connectivity index (χ1v) is 5.44. The predicted molar refractivity (Wildman–Crippen MR) is 60.8 cm³/mol. The summed E-state index contributed by atoms with van der Waals surface area (Å²) in [5.41, 5.74) is 3.89. The van der Waals surface area contributed by atoms with Crippen molar-refractivity contribution >= 4 is 5.91 Å². The van der Waals surface area contributed by atoms with Crippen molar-refractivity contribution in [1.82, 2.24) is 5.32 Å². The van der Waals surface area contributed by atoms with Crippen LogP contribution in [0.4, 0.5) is 0 Å². The summed E-state index contributed by atoms with van der Waals surface area (Å²) in [7, 11) is 0. The maximum Gasteiger partial charge on any atom is 0.223 e. The lowest BCUT2D eigenvalue weighted by atomic mass is 9.87. The van der Waals surface area contributed by atoms with Gasteiger partial charge in [-0.15, -0.1) is 0 Å². The SMILES string of the molecule is Cc1ccc([C@@H]2CNC(=O)[C@H]2C)c(C)c1. The van der Waals surface area contributed by atoms with Crippen LogP contribution in [-0.2, 0) is 4.79 Å². The maximum absolute atomic E-state index is 11.4. The highest BCUT2D eigenvalue weighted by atomic mass is 16.2. The van der Waals surface area contributed by atoms with E-state index in [1.807, 2.05) is 6.92 Å². The molecule has 80 valence electrons. The normalized spacial score (nSPS) is 25.4. The van der Waals surface area contributed by atoms with Crippen LogP contribution < -0.4 is 5.32 Å². The standard InChI is InChI=1S/C13H17NO/c1-8-4-5-11(9(2)6-8)12-7-14-13(15)10(12)3/h4-6,10,12H,7H2,1-3H3,(H,14,15)/t10-,12+/m0/s1. The molecule has 0 radical (unpaired) electrons. The van der Waals surface area contributed by atoms with Crippen LogP contribution in [0, 0.1) is 19.8 Å². The van der Waals surface area contributed by atoms with Crippen molar-refractivity contribution in [2.45, 2.75) is 26.7 Å². The maximum atomic E-state index is 11.4. The van der Waals surface area contributed by atoms with E-state index in [2.05, 4.69) is 37.4 Å².